The first-order valence-corrected chi connectivity index (χ1v) is 11.9. The standard InChI is InChI=1S/C16H19N9O4S2.ClH/c1-16(7-19-8-16)23-31(28,29)11-4-3-10(9-2-5-12(17)20-6-9)13(14(11)30(18,26)27)15-21-24-25-22-15;/h2-6,19,23H,7-8H2,1H3,(H2,17,20)(H2,18,26,27)(H,21,22,24,25);1H. The molecule has 172 valence electrons. The van der Waals surface area contributed by atoms with E-state index in [1.807, 2.05) is 0 Å². The molecule has 0 amide bonds. The van der Waals surface area contributed by atoms with E-state index < -0.39 is 35.4 Å². The normalized spacial score (nSPS) is 15.6. The molecule has 0 saturated carbocycles. The lowest BCUT2D eigenvalue weighted by Gasteiger charge is -2.39. The number of rotatable bonds is 6. The molecule has 32 heavy (non-hydrogen) atoms. The number of aromatic nitrogens is 5. The second kappa shape index (κ2) is 8.34. The number of nitrogens with one attached hydrogen (secondary N) is 3. The van der Waals surface area contributed by atoms with Gasteiger partial charge in [-0.15, -0.1) is 22.6 Å². The zero-order valence-corrected chi connectivity index (χ0v) is 19.1. The van der Waals surface area contributed by atoms with Gasteiger partial charge in [-0.25, -0.2) is 31.7 Å². The van der Waals surface area contributed by atoms with Gasteiger partial charge in [-0.05, 0) is 35.9 Å². The van der Waals surface area contributed by atoms with Crippen LogP contribution in [0.15, 0.2) is 40.3 Å². The van der Waals surface area contributed by atoms with Crippen LogP contribution in [0.5, 0.6) is 0 Å². The molecule has 16 heteroatoms. The maximum absolute atomic E-state index is 13.2. The predicted molar refractivity (Wildman–Crippen MR) is 117 cm³/mol. The second-order valence-electron chi connectivity index (χ2n) is 7.34. The van der Waals surface area contributed by atoms with Crippen molar-refractivity contribution >= 4 is 38.3 Å². The molecule has 0 spiro atoms. The fourth-order valence-corrected chi connectivity index (χ4v) is 6.31. The molecule has 1 aromatic carbocycles. The first-order chi connectivity index (χ1) is 14.5. The van der Waals surface area contributed by atoms with Gasteiger partial charge in [0.2, 0.25) is 25.9 Å². The fraction of sp³-hybridized carbons (Fsp3) is 0.250. The third-order valence-corrected chi connectivity index (χ3v) is 7.58. The lowest BCUT2D eigenvalue weighted by atomic mass is 9.97. The first kappa shape index (κ1) is 24.0. The number of sulfonamides is 2. The van der Waals surface area contributed by atoms with Crippen LogP contribution in [0, 0.1) is 0 Å². The summed E-state index contributed by atoms with van der Waals surface area (Å²) in [5.74, 6) is 0.103. The maximum atomic E-state index is 13.2. The van der Waals surface area contributed by atoms with Crippen LogP contribution in [-0.2, 0) is 20.0 Å². The molecule has 3 aromatic rings. The number of nitrogens with zero attached hydrogens (tertiary/aromatic N) is 4. The molecule has 0 atom stereocenters. The molecule has 13 nitrogen and oxygen atoms in total. The molecule has 1 fully saturated rings. The Balaban J connectivity index is 0.00000289. The van der Waals surface area contributed by atoms with Gasteiger partial charge in [0.1, 0.15) is 15.6 Å². The molecular weight excluding hydrogens is 482 g/mol. The number of anilines is 1. The Hall–Kier alpha value is -2.69. The quantitative estimate of drug-likeness (QED) is 0.284. The average Bonchev–Trinajstić information content (AvgIpc) is 3.20. The minimum atomic E-state index is -4.56. The van der Waals surface area contributed by atoms with Gasteiger partial charge in [0.15, 0.2) is 0 Å². The zero-order chi connectivity index (χ0) is 22.4. The summed E-state index contributed by atoms with van der Waals surface area (Å²) in [7, 11) is -8.84. The highest BCUT2D eigenvalue weighted by Gasteiger charge is 2.39. The Kier molecular flexibility index (Phi) is 6.25. The van der Waals surface area contributed by atoms with E-state index in [2.05, 4.69) is 35.6 Å². The number of nitrogens with two attached hydrogens (primary N) is 2. The number of primary sulfonamides is 1. The van der Waals surface area contributed by atoms with Gasteiger partial charge in [0, 0.05) is 24.8 Å². The van der Waals surface area contributed by atoms with Gasteiger partial charge in [-0.3, -0.25) is 0 Å². The van der Waals surface area contributed by atoms with Gasteiger partial charge in [0.25, 0.3) is 0 Å². The van der Waals surface area contributed by atoms with Crippen molar-refractivity contribution in [3.63, 3.8) is 0 Å². The molecule has 1 saturated heterocycles. The summed E-state index contributed by atoms with van der Waals surface area (Å²) in [5, 5.41) is 21.9. The SMILES string of the molecule is CC1(NS(=O)(=O)c2ccc(-c3ccc(N)nc3)c(-c3nn[nH]n3)c2S(N)(=O)=O)CNC1.Cl. The Morgan fingerprint density at radius 3 is 2.34 bits per heavy atom. The van der Waals surface area contributed by atoms with E-state index in [1.54, 1.807) is 13.0 Å². The summed E-state index contributed by atoms with van der Waals surface area (Å²) >= 11 is 0. The first-order valence-electron chi connectivity index (χ1n) is 8.90. The fourth-order valence-electron chi connectivity index (χ4n) is 3.30. The maximum Gasteiger partial charge on any atom is 0.242 e. The van der Waals surface area contributed by atoms with Gasteiger partial charge < -0.3 is 11.1 Å². The molecule has 0 bridgehead atoms. The molecule has 1 aliphatic heterocycles. The number of H-pyrrole nitrogens is 1. The third-order valence-electron chi connectivity index (χ3n) is 4.77. The summed E-state index contributed by atoms with van der Waals surface area (Å²) in [6.45, 7) is 2.49. The van der Waals surface area contributed by atoms with Crippen LogP contribution in [-0.4, -0.2) is 61.1 Å². The number of tetrazole rings is 1. The van der Waals surface area contributed by atoms with Crippen LogP contribution in [0.3, 0.4) is 0 Å². The average molecular weight is 502 g/mol. The van der Waals surface area contributed by atoms with E-state index in [0.717, 1.165) is 0 Å². The van der Waals surface area contributed by atoms with Crippen LogP contribution in [0.1, 0.15) is 6.92 Å². The molecule has 3 heterocycles. The Morgan fingerprint density at radius 2 is 1.84 bits per heavy atom. The molecule has 1 aliphatic rings. The van der Waals surface area contributed by atoms with Gasteiger partial charge >= 0.3 is 0 Å². The highest BCUT2D eigenvalue weighted by atomic mass is 35.5. The van der Waals surface area contributed by atoms with Crippen LogP contribution >= 0.6 is 12.4 Å². The summed E-state index contributed by atoms with van der Waals surface area (Å²) in [5.41, 5.74) is 5.49. The molecule has 0 aliphatic carbocycles. The summed E-state index contributed by atoms with van der Waals surface area (Å²) in [6, 6.07) is 5.72. The Morgan fingerprint density at radius 1 is 1.12 bits per heavy atom. The van der Waals surface area contributed by atoms with Gasteiger partial charge in [-0.2, -0.15) is 5.21 Å². The van der Waals surface area contributed by atoms with Crippen LogP contribution in [0.4, 0.5) is 5.82 Å². The van der Waals surface area contributed by atoms with Crippen molar-refractivity contribution in [2.45, 2.75) is 22.3 Å². The largest absolute Gasteiger partial charge is 0.384 e. The Bertz CT molecular complexity index is 1340. The number of hydrogen-bond acceptors (Lipinski definition) is 10. The summed E-state index contributed by atoms with van der Waals surface area (Å²) in [4.78, 5) is 2.84. The second-order valence-corrected chi connectivity index (χ2v) is 10.5. The van der Waals surface area contributed by atoms with Crippen molar-refractivity contribution in [1.29, 1.82) is 0 Å². The third kappa shape index (κ3) is 4.43. The van der Waals surface area contributed by atoms with E-state index in [4.69, 9.17) is 10.9 Å². The predicted octanol–water partition coefficient (Wildman–Crippen LogP) is -0.780. The van der Waals surface area contributed by atoms with Crippen molar-refractivity contribution in [3.8, 4) is 22.5 Å². The van der Waals surface area contributed by atoms with Gasteiger partial charge in [-0.1, -0.05) is 6.07 Å². The molecule has 0 radical (unpaired) electrons. The van der Waals surface area contributed by atoms with Crippen molar-refractivity contribution in [1.82, 2.24) is 35.6 Å². The lowest BCUT2D eigenvalue weighted by molar-refractivity contribution is 0.279. The number of nitrogen functional groups attached to an aromatic ring is 1. The van der Waals surface area contributed by atoms with Crippen molar-refractivity contribution in [2.75, 3.05) is 18.8 Å². The topological polar surface area (TPSA) is 212 Å². The van der Waals surface area contributed by atoms with E-state index in [1.165, 1.54) is 24.4 Å². The van der Waals surface area contributed by atoms with Crippen LogP contribution < -0.4 is 20.9 Å². The van der Waals surface area contributed by atoms with Crippen LogP contribution in [0.2, 0.25) is 0 Å². The highest BCUT2D eigenvalue weighted by Crippen LogP contribution is 2.38. The molecule has 2 aromatic heterocycles. The zero-order valence-electron chi connectivity index (χ0n) is 16.6. The molecule has 0 unspecified atom stereocenters. The molecular formula is C16H20ClN9O4S2. The monoisotopic (exact) mass is 501 g/mol. The number of aromatic amines is 1. The number of hydrogen-bond donors (Lipinski definition) is 5. The number of benzene rings is 1. The van der Waals surface area contributed by atoms with E-state index in [0.29, 0.717) is 18.7 Å². The molecule has 4 rings (SSSR count). The van der Waals surface area contributed by atoms with E-state index in [9.17, 15) is 16.8 Å². The number of halogens is 1. The minimum Gasteiger partial charge on any atom is -0.384 e. The highest BCUT2D eigenvalue weighted by molar-refractivity contribution is 7.92. The smallest absolute Gasteiger partial charge is 0.242 e. The summed E-state index contributed by atoms with van der Waals surface area (Å²) in [6.07, 6.45) is 1.41. The van der Waals surface area contributed by atoms with Crippen molar-refractivity contribution in [2.24, 2.45) is 5.14 Å². The van der Waals surface area contributed by atoms with Crippen LogP contribution in [0.25, 0.3) is 22.5 Å². The van der Waals surface area contributed by atoms with Crippen molar-refractivity contribution < 1.29 is 16.8 Å². The van der Waals surface area contributed by atoms with Crippen molar-refractivity contribution in [3.05, 3.63) is 30.5 Å². The van der Waals surface area contributed by atoms with E-state index >= 15 is 0 Å². The summed E-state index contributed by atoms with van der Waals surface area (Å²) < 4.78 is 54.2. The number of pyridine rings is 1. The van der Waals surface area contributed by atoms with E-state index in [-0.39, 0.29) is 35.2 Å². The van der Waals surface area contributed by atoms with Gasteiger partial charge in [0.05, 0.1) is 11.1 Å². The lowest BCUT2D eigenvalue weighted by Crippen LogP contribution is -2.66. The minimum absolute atomic E-state index is 0. The Labute approximate surface area is 189 Å². The molecule has 7 N–H and O–H groups in total.